The van der Waals surface area contributed by atoms with Crippen LogP contribution in [0.25, 0.3) is 0 Å². The zero-order chi connectivity index (χ0) is 23.8. The van der Waals surface area contributed by atoms with E-state index in [0.29, 0.717) is 18.8 Å². The zero-order valence-electron chi connectivity index (χ0n) is 18.3. The molecule has 0 radical (unpaired) electrons. The number of ether oxygens (including phenoxy) is 2. The summed E-state index contributed by atoms with van der Waals surface area (Å²) in [6, 6.07) is 13.5. The van der Waals surface area contributed by atoms with E-state index in [1.54, 1.807) is 17.0 Å². The zero-order valence-corrected chi connectivity index (χ0v) is 18.3. The average Bonchev–Trinajstić information content (AvgIpc) is 2.83. The van der Waals surface area contributed by atoms with Crippen LogP contribution in [0.2, 0.25) is 0 Å². The van der Waals surface area contributed by atoms with Crippen molar-refractivity contribution in [3.05, 3.63) is 59.7 Å². The van der Waals surface area contributed by atoms with Gasteiger partial charge < -0.3 is 19.2 Å². The van der Waals surface area contributed by atoms with Crippen molar-refractivity contribution < 1.29 is 33.5 Å². The van der Waals surface area contributed by atoms with Gasteiger partial charge in [-0.2, -0.15) is 5.48 Å². The minimum Gasteiger partial charge on any atom is -0.453 e. The van der Waals surface area contributed by atoms with E-state index in [1.807, 2.05) is 31.2 Å². The molecule has 0 bridgehead atoms. The van der Waals surface area contributed by atoms with Gasteiger partial charge in [-0.05, 0) is 41.8 Å². The van der Waals surface area contributed by atoms with Crippen molar-refractivity contribution in [3.8, 4) is 0 Å². The largest absolute Gasteiger partial charge is 0.453 e. The molecular formula is C23H25N3O7. The van der Waals surface area contributed by atoms with Crippen molar-refractivity contribution in [2.75, 3.05) is 37.1 Å². The van der Waals surface area contributed by atoms with Crippen LogP contribution < -0.4 is 15.7 Å². The lowest BCUT2D eigenvalue weighted by molar-refractivity contribution is -0.149. The summed E-state index contributed by atoms with van der Waals surface area (Å²) in [4.78, 5) is 54.3. The van der Waals surface area contributed by atoms with Gasteiger partial charge in [0, 0.05) is 23.5 Å². The number of nitrogens with one attached hydrogen (secondary N) is 2. The molecule has 33 heavy (non-hydrogen) atoms. The van der Waals surface area contributed by atoms with Gasteiger partial charge in [0.1, 0.15) is 6.61 Å². The Morgan fingerprint density at radius 2 is 1.91 bits per heavy atom. The number of hydroxylamine groups is 1. The molecule has 3 amide bonds. The number of benzene rings is 2. The average molecular weight is 455 g/mol. The van der Waals surface area contributed by atoms with Crippen molar-refractivity contribution in [3.63, 3.8) is 0 Å². The number of methoxy groups -OCH3 is 1. The molecule has 3 rings (SSSR count). The van der Waals surface area contributed by atoms with Gasteiger partial charge >= 0.3 is 12.1 Å². The second-order valence-electron chi connectivity index (χ2n) is 7.40. The Hall–Kier alpha value is -3.92. The highest BCUT2D eigenvalue weighted by atomic mass is 16.7. The molecule has 1 aliphatic heterocycles. The van der Waals surface area contributed by atoms with Crippen molar-refractivity contribution >= 4 is 35.3 Å². The number of hydrogen-bond donors (Lipinski definition) is 2. The first-order chi connectivity index (χ1) is 15.9. The number of carbonyl (C=O) groups excluding carboxylic acids is 4. The Balaban J connectivity index is 1.50. The molecular weight excluding hydrogens is 430 g/mol. The highest BCUT2D eigenvalue weighted by molar-refractivity contribution is 5.96. The van der Waals surface area contributed by atoms with Gasteiger partial charge in [0.25, 0.3) is 11.8 Å². The summed E-state index contributed by atoms with van der Waals surface area (Å²) in [7, 11) is 1.23. The van der Waals surface area contributed by atoms with E-state index in [0.717, 1.165) is 11.3 Å². The summed E-state index contributed by atoms with van der Waals surface area (Å²) in [6.07, 6.45) is -0.627. The van der Waals surface area contributed by atoms with E-state index in [2.05, 4.69) is 15.5 Å². The summed E-state index contributed by atoms with van der Waals surface area (Å²) < 4.78 is 9.65. The summed E-state index contributed by atoms with van der Waals surface area (Å²) in [5.74, 6) is -1.50. The van der Waals surface area contributed by atoms with Crippen molar-refractivity contribution in [2.24, 2.45) is 0 Å². The van der Waals surface area contributed by atoms with Gasteiger partial charge in [-0.1, -0.05) is 25.1 Å². The molecule has 0 unspecified atom stereocenters. The first-order valence-electron chi connectivity index (χ1n) is 10.3. The lowest BCUT2D eigenvalue weighted by Crippen LogP contribution is -2.41. The number of nitrogens with zero attached hydrogens (tertiary/aromatic N) is 1. The van der Waals surface area contributed by atoms with Gasteiger partial charge in [0.05, 0.1) is 20.1 Å². The molecule has 1 saturated heterocycles. The lowest BCUT2D eigenvalue weighted by atomic mass is 9.97. The maximum absolute atomic E-state index is 12.3. The molecule has 10 heteroatoms. The molecule has 1 fully saturated rings. The van der Waals surface area contributed by atoms with Crippen LogP contribution in [0.1, 0.15) is 35.2 Å². The molecule has 1 atom stereocenters. The third-order valence-corrected chi connectivity index (χ3v) is 5.05. The number of morpholine rings is 1. The Morgan fingerprint density at radius 3 is 2.61 bits per heavy atom. The standard InChI is InChI=1S/C23H25N3O7/c1-15(16-6-8-19(9-7-16)26-10-11-32-14-20(26)27)12-21(28)33-25-22(29)17-4-3-5-18(13-17)24-23(30)31-2/h3-9,13,15H,10-12,14H2,1-2H3,(H,24,30)(H,25,29)/t15-/m0/s1. The van der Waals surface area contributed by atoms with E-state index < -0.39 is 18.0 Å². The van der Waals surface area contributed by atoms with Crippen LogP contribution in [0.4, 0.5) is 16.2 Å². The smallest absolute Gasteiger partial charge is 0.411 e. The second kappa shape index (κ2) is 11.1. The van der Waals surface area contributed by atoms with Crippen LogP contribution in [0.15, 0.2) is 48.5 Å². The quantitative estimate of drug-likeness (QED) is 0.642. The Morgan fingerprint density at radius 1 is 1.15 bits per heavy atom. The van der Waals surface area contributed by atoms with Crippen LogP contribution in [-0.2, 0) is 23.9 Å². The second-order valence-corrected chi connectivity index (χ2v) is 7.40. The molecule has 1 heterocycles. The van der Waals surface area contributed by atoms with E-state index in [-0.39, 0.29) is 30.4 Å². The highest BCUT2D eigenvalue weighted by Crippen LogP contribution is 2.24. The maximum Gasteiger partial charge on any atom is 0.411 e. The molecule has 0 spiro atoms. The molecule has 0 aromatic heterocycles. The van der Waals surface area contributed by atoms with Crippen molar-refractivity contribution in [1.29, 1.82) is 0 Å². The Bertz CT molecular complexity index is 1020. The number of hydrogen-bond acceptors (Lipinski definition) is 7. The fourth-order valence-corrected chi connectivity index (χ4v) is 3.25. The number of amides is 3. The lowest BCUT2D eigenvalue weighted by Gasteiger charge is -2.27. The SMILES string of the molecule is COC(=O)Nc1cccc(C(=O)NOC(=O)C[C@H](C)c2ccc(N3CCOCC3=O)cc2)c1. The molecule has 174 valence electrons. The number of rotatable bonds is 6. The minimum atomic E-state index is -0.669. The number of carbonyl (C=O) groups is 4. The van der Waals surface area contributed by atoms with Crippen LogP contribution >= 0.6 is 0 Å². The minimum absolute atomic E-state index is 0.0417. The van der Waals surface area contributed by atoms with Crippen LogP contribution in [0, 0.1) is 0 Å². The fourth-order valence-electron chi connectivity index (χ4n) is 3.25. The summed E-state index contributed by atoms with van der Waals surface area (Å²) >= 11 is 0. The molecule has 2 N–H and O–H groups in total. The number of anilines is 2. The van der Waals surface area contributed by atoms with Crippen LogP contribution in [0.3, 0.4) is 0 Å². The van der Waals surface area contributed by atoms with Crippen LogP contribution in [-0.4, -0.2) is 50.7 Å². The monoisotopic (exact) mass is 455 g/mol. The molecule has 0 aliphatic carbocycles. The predicted molar refractivity (Wildman–Crippen MR) is 119 cm³/mol. The molecule has 0 saturated carbocycles. The third-order valence-electron chi connectivity index (χ3n) is 5.05. The molecule has 2 aromatic rings. The van der Waals surface area contributed by atoms with Crippen molar-refractivity contribution in [1.82, 2.24) is 5.48 Å². The summed E-state index contributed by atoms with van der Waals surface area (Å²) in [6.45, 7) is 2.93. The van der Waals surface area contributed by atoms with Crippen LogP contribution in [0.5, 0.6) is 0 Å². The van der Waals surface area contributed by atoms with E-state index in [9.17, 15) is 19.2 Å². The maximum atomic E-state index is 12.3. The van der Waals surface area contributed by atoms with Crippen molar-refractivity contribution in [2.45, 2.75) is 19.3 Å². The fraction of sp³-hybridized carbons (Fsp3) is 0.304. The molecule has 2 aromatic carbocycles. The first kappa shape index (κ1) is 23.7. The van der Waals surface area contributed by atoms with E-state index in [1.165, 1.54) is 19.2 Å². The Kier molecular flexibility index (Phi) is 7.98. The van der Waals surface area contributed by atoms with Gasteiger partial charge in [-0.3, -0.25) is 14.9 Å². The first-order valence-corrected chi connectivity index (χ1v) is 10.3. The summed E-state index contributed by atoms with van der Waals surface area (Å²) in [5, 5.41) is 2.45. The predicted octanol–water partition coefficient (Wildman–Crippen LogP) is 2.61. The van der Waals surface area contributed by atoms with Gasteiger partial charge in [0.2, 0.25) is 0 Å². The third kappa shape index (κ3) is 6.53. The van der Waals surface area contributed by atoms with E-state index in [4.69, 9.17) is 9.57 Å². The van der Waals surface area contributed by atoms with Gasteiger partial charge in [-0.15, -0.1) is 0 Å². The summed E-state index contributed by atoms with van der Waals surface area (Å²) in [5.41, 5.74) is 4.34. The van der Waals surface area contributed by atoms with E-state index >= 15 is 0 Å². The Labute approximate surface area is 190 Å². The van der Waals surface area contributed by atoms with Gasteiger partial charge in [0.15, 0.2) is 0 Å². The highest BCUT2D eigenvalue weighted by Gasteiger charge is 2.21. The molecule has 10 nitrogen and oxygen atoms in total. The normalized spacial score (nSPS) is 14.2. The topological polar surface area (TPSA) is 123 Å². The van der Waals surface area contributed by atoms with Gasteiger partial charge in [-0.25, -0.2) is 9.59 Å². The molecule has 1 aliphatic rings.